The topological polar surface area (TPSA) is 93.1 Å². The SMILES string of the molecule is COCCn1c(C2CCCN2C(=O)c2c(C)n[nH]c2C)nc2ccccc2c1=O. The van der Waals surface area contributed by atoms with Crippen LogP contribution in [-0.4, -0.2) is 50.8 Å². The normalized spacial score (nSPS) is 16.7. The van der Waals surface area contributed by atoms with Crippen LogP contribution in [0.4, 0.5) is 0 Å². The van der Waals surface area contributed by atoms with Crippen molar-refractivity contribution >= 4 is 16.8 Å². The smallest absolute Gasteiger partial charge is 0.261 e. The van der Waals surface area contributed by atoms with Crippen molar-refractivity contribution in [1.29, 1.82) is 0 Å². The second-order valence-electron chi connectivity index (χ2n) is 7.40. The summed E-state index contributed by atoms with van der Waals surface area (Å²) >= 11 is 0. The Hall–Kier alpha value is -3.00. The van der Waals surface area contributed by atoms with Crippen LogP contribution in [0.3, 0.4) is 0 Å². The summed E-state index contributed by atoms with van der Waals surface area (Å²) in [6.45, 7) is 5.09. The van der Waals surface area contributed by atoms with Gasteiger partial charge in [-0.05, 0) is 38.8 Å². The monoisotopic (exact) mass is 395 g/mol. The maximum Gasteiger partial charge on any atom is 0.261 e. The molecule has 3 heterocycles. The maximum atomic E-state index is 13.3. The minimum absolute atomic E-state index is 0.0723. The lowest BCUT2D eigenvalue weighted by molar-refractivity contribution is 0.0723. The van der Waals surface area contributed by atoms with Gasteiger partial charge in [0.15, 0.2) is 0 Å². The number of carbonyl (C=O) groups is 1. The summed E-state index contributed by atoms with van der Waals surface area (Å²) < 4.78 is 6.88. The predicted molar refractivity (Wildman–Crippen MR) is 109 cm³/mol. The summed E-state index contributed by atoms with van der Waals surface area (Å²) in [5.41, 5.74) is 2.58. The number of fused-ring (bicyclic) bond motifs is 1. The third-order valence-electron chi connectivity index (χ3n) is 5.56. The number of nitrogens with zero attached hydrogens (tertiary/aromatic N) is 4. The van der Waals surface area contributed by atoms with Crippen LogP contribution in [0.25, 0.3) is 10.9 Å². The van der Waals surface area contributed by atoms with Crippen molar-refractivity contribution in [2.75, 3.05) is 20.3 Å². The van der Waals surface area contributed by atoms with E-state index in [2.05, 4.69) is 10.2 Å². The van der Waals surface area contributed by atoms with Gasteiger partial charge in [0.05, 0.1) is 41.4 Å². The van der Waals surface area contributed by atoms with E-state index in [1.807, 2.05) is 36.9 Å². The van der Waals surface area contributed by atoms with Gasteiger partial charge in [0.1, 0.15) is 5.82 Å². The van der Waals surface area contributed by atoms with E-state index in [1.165, 1.54) is 0 Å². The quantitative estimate of drug-likeness (QED) is 0.716. The fourth-order valence-corrected chi connectivity index (χ4v) is 4.13. The molecule has 4 rings (SSSR count). The zero-order chi connectivity index (χ0) is 20.5. The largest absolute Gasteiger partial charge is 0.383 e. The molecule has 1 atom stereocenters. The molecule has 152 valence electrons. The Kier molecular flexibility index (Phi) is 5.19. The van der Waals surface area contributed by atoms with Gasteiger partial charge in [0.25, 0.3) is 11.5 Å². The highest BCUT2D eigenvalue weighted by molar-refractivity contribution is 5.96. The molecule has 1 amide bonds. The Balaban J connectivity index is 1.82. The van der Waals surface area contributed by atoms with Crippen molar-refractivity contribution in [1.82, 2.24) is 24.6 Å². The van der Waals surface area contributed by atoms with E-state index < -0.39 is 0 Å². The van der Waals surface area contributed by atoms with E-state index in [-0.39, 0.29) is 17.5 Å². The van der Waals surface area contributed by atoms with Gasteiger partial charge in [-0.3, -0.25) is 19.3 Å². The number of hydrogen-bond donors (Lipinski definition) is 1. The number of H-pyrrole nitrogens is 1. The highest BCUT2D eigenvalue weighted by Gasteiger charge is 2.35. The summed E-state index contributed by atoms with van der Waals surface area (Å²) in [6.07, 6.45) is 1.62. The van der Waals surface area contributed by atoms with Gasteiger partial charge in [-0.1, -0.05) is 12.1 Å². The summed E-state index contributed by atoms with van der Waals surface area (Å²) in [7, 11) is 1.61. The number of aromatic nitrogens is 4. The number of hydrogen-bond acceptors (Lipinski definition) is 5. The molecule has 3 aromatic rings. The third kappa shape index (κ3) is 3.33. The Morgan fingerprint density at radius 2 is 2.10 bits per heavy atom. The van der Waals surface area contributed by atoms with Gasteiger partial charge < -0.3 is 9.64 Å². The minimum atomic E-state index is -0.259. The Bertz CT molecular complexity index is 1100. The van der Waals surface area contributed by atoms with Crippen molar-refractivity contribution < 1.29 is 9.53 Å². The third-order valence-corrected chi connectivity index (χ3v) is 5.56. The van der Waals surface area contributed by atoms with Crippen molar-refractivity contribution in [2.24, 2.45) is 0 Å². The zero-order valence-electron chi connectivity index (χ0n) is 16.9. The highest BCUT2D eigenvalue weighted by atomic mass is 16.5. The van der Waals surface area contributed by atoms with Crippen LogP contribution in [-0.2, 0) is 11.3 Å². The van der Waals surface area contributed by atoms with Crippen molar-refractivity contribution in [2.45, 2.75) is 39.3 Å². The van der Waals surface area contributed by atoms with Gasteiger partial charge in [0.2, 0.25) is 0 Å². The van der Waals surface area contributed by atoms with Gasteiger partial charge in [-0.25, -0.2) is 4.98 Å². The molecule has 0 spiro atoms. The molecule has 8 heteroatoms. The fourth-order valence-electron chi connectivity index (χ4n) is 4.13. The molecular formula is C21H25N5O3. The first-order valence-electron chi connectivity index (χ1n) is 9.84. The fraction of sp³-hybridized carbons (Fsp3) is 0.429. The summed E-state index contributed by atoms with van der Waals surface area (Å²) in [4.78, 5) is 33.2. The van der Waals surface area contributed by atoms with Crippen LogP contribution in [0, 0.1) is 13.8 Å². The Labute approximate surface area is 168 Å². The van der Waals surface area contributed by atoms with E-state index in [4.69, 9.17) is 9.72 Å². The number of methoxy groups -OCH3 is 1. The lowest BCUT2D eigenvalue weighted by Crippen LogP contribution is -2.36. The van der Waals surface area contributed by atoms with E-state index >= 15 is 0 Å². The lowest BCUT2D eigenvalue weighted by Gasteiger charge is -2.27. The summed E-state index contributed by atoms with van der Waals surface area (Å²) in [5, 5.41) is 7.62. The van der Waals surface area contributed by atoms with Crippen LogP contribution in [0.1, 0.15) is 46.5 Å². The molecule has 1 fully saturated rings. The van der Waals surface area contributed by atoms with Crippen molar-refractivity contribution in [3.05, 3.63) is 57.4 Å². The number of likely N-dealkylation sites (tertiary alicyclic amines) is 1. The summed E-state index contributed by atoms with van der Waals surface area (Å²) in [6, 6.07) is 7.07. The molecule has 29 heavy (non-hydrogen) atoms. The van der Waals surface area contributed by atoms with Crippen LogP contribution >= 0.6 is 0 Å². The molecule has 0 radical (unpaired) electrons. The number of para-hydroxylation sites is 1. The maximum absolute atomic E-state index is 13.3. The molecule has 1 aliphatic rings. The standard InChI is InChI=1S/C21H25N5O3/c1-13-18(14(2)24-23-13)21(28)25-10-6-9-17(25)19-22-16-8-5-4-7-15(16)20(27)26(19)11-12-29-3/h4-5,7-8,17H,6,9-12H2,1-3H3,(H,23,24). The molecule has 2 aromatic heterocycles. The van der Waals surface area contributed by atoms with Crippen LogP contribution < -0.4 is 5.56 Å². The van der Waals surface area contributed by atoms with Gasteiger partial charge >= 0.3 is 0 Å². The number of nitrogens with one attached hydrogen (secondary N) is 1. The van der Waals surface area contributed by atoms with E-state index in [9.17, 15) is 9.59 Å². The number of benzene rings is 1. The van der Waals surface area contributed by atoms with Crippen LogP contribution in [0.15, 0.2) is 29.1 Å². The summed E-state index contributed by atoms with van der Waals surface area (Å²) in [5.74, 6) is 0.548. The molecule has 1 aliphatic heterocycles. The number of ether oxygens (including phenoxy) is 1. The van der Waals surface area contributed by atoms with Gasteiger partial charge in [-0.15, -0.1) is 0 Å². The second-order valence-corrected chi connectivity index (χ2v) is 7.40. The Morgan fingerprint density at radius 3 is 2.83 bits per heavy atom. The molecule has 1 aromatic carbocycles. The predicted octanol–water partition coefficient (Wildman–Crippen LogP) is 2.36. The zero-order valence-corrected chi connectivity index (χ0v) is 16.9. The lowest BCUT2D eigenvalue weighted by atomic mass is 10.1. The van der Waals surface area contributed by atoms with E-state index in [0.29, 0.717) is 47.7 Å². The molecule has 1 saturated heterocycles. The van der Waals surface area contributed by atoms with Gasteiger partial charge in [0, 0.05) is 19.3 Å². The molecule has 0 saturated carbocycles. The first-order valence-corrected chi connectivity index (χ1v) is 9.84. The first kappa shape index (κ1) is 19.3. The second kappa shape index (κ2) is 7.79. The van der Waals surface area contributed by atoms with Crippen molar-refractivity contribution in [3.63, 3.8) is 0 Å². The number of carbonyl (C=O) groups excluding carboxylic acids is 1. The number of aryl methyl sites for hydroxylation is 2. The molecule has 1 unspecified atom stereocenters. The average molecular weight is 395 g/mol. The number of rotatable bonds is 5. The van der Waals surface area contributed by atoms with E-state index in [1.54, 1.807) is 17.7 Å². The van der Waals surface area contributed by atoms with Crippen LogP contribution in [0.2, 0.25) is 0 Å². The van der Waals surface area contributed by atoms with E-state index in [0.717, 1.165) is 18.5 Å². The highest BCUT2D eigenvalue weighted by Crippen LogP contribution is 2.33. The molecule has 8 nitrogen and oxygen atoms in total. The molecular weight excluding hydrogens is 370 g/mol. The van der Waals surface area contributed by atoms with Gasteiger partial charge in [-0.2, -0.15) is 5.10 Å². The average Bonchev–Trinajstić information content (AvgIpc) is 3.33. The van der Waals surface area contributed by atoms with Crippen LogP contribution in [0.5, 0.6) is 0 Å². The minimum Gasteiger partial charge on any atom is -0.383 e. The molecule has 0 bridgehead atoms. The Morgan fingerprint density at radius 1 is 1.31 bits per heavy atom. The molecule has 1 N–H and O–H groups in total. The molecule has 0 aliphatic carbocycles. The number of aromatic amines is 1. The number of amides is 1. The van der Waals surface area contributed by atoms with Crippen molar-refractivity contribution in [3.8, 4) is 0 Å². The first-order chi connectivity index (χ1) is 14.0.